The number of carbonyl (C=O) groups is 2. The van der Waals surface area contributed by atoms with Crippen LogP contribution in [0.15, 0.2) is 24.3 Å². The third-order valence-corrected chi connectivity index (χ3v) is 2.41. The minimum Gasteiger partial charge on any atom is -0.482 e. The van der Waals surface area contributed by atoms with Gasteiger partial charge in [-0.25, -0.2) is 0 Å². The lowest BCUT2D eigenvalue weighted by atomic mass is 10.2. The molecule has 0 aromatic heterocycles. The first-order valence-corrected chi connectivity index (χ1v) is 6.32. The van der Waals surface area contributed by atoms with Crippen LogP contribution in [0.25, 0.3) is 0 Å². The van der Waals surface area contributed by atoms with Crippen LogP contribution in [-0.4, -0.2) is 31.5 Å². The number of nitriles is 1. The quantitative estimate of drug-likeness (QED) is 0.761. The highest BCUT2D eigenvalue weighted by molar-refractivity contribution is 5.79. The molecular formula is C14H17N3O3. The van der Waals surface area contributed by atoms with E-state index in [0.29, 0.717) is 17.9 Å². The molecule has 0 unspecified atom stereocenters. The maximum Gasteiger partial charge on any atom is 0.257 e. The molecule has 0 aliphatic heterocycles. The Morgan fingerprint density at radius 2 is 2.00 bits per heavy atom. The van der Waals surface area contributed by atoms with Gasteiger partial charge >= 0.3 is 0 Å². The second-order valence-corrected chi connectivity index (χ2v) is 3.95. The van der Waals surface area contributed by atoms with Crippen LogP contribution < -0.4 is 15.4 Å². The number of carbonyl (C=O) groups excluding carboxylic acids is 2. The van der Waals surface area contributed by atoms with Crippen molar-refractivity contribution < 1.29 is 14.3 Å². The number of nitrogens with zero attached hydrogens (tertiary/aromatic N) is 1. The summed E-state index contributed by atoms with van der Waals surface area (Å²) in [6.45, 7) is 2.47. The Balaban J connectivity index is 2.30. The van der Waals surface area contributed by atoms with Crippen molar-refractivity contribution in [3.8, 4) is 11.8 Å². The Morgan fingerprint density at radius 1 is 1.25 bits per heavy atom. The lowest BCUT2D eigenvalue weighted by Crippen LogP contribution is -2.33. The Hall–Kier alpha value is -2.55. The number of hydrogen-bond acceptors (Lipinski definition) is 4. The van der Waals surface area contributed by atoms with Gasteiger partial charge in [-0.1, -0.05) is 12.1 Å². The smallest absolute Gasteiger partial charge is 0.257 e. The van der Waals surface area contributed by atoms with Crippen LogP contribution in [0.1, 0.15) is 18.9 Å². The van der Waals surface area contributed by atoms with E-state index in [1.54, 1.807) is 24.3 Å². The molecule has 0 bridgehead atoms. The molecule has 0 heterocycles. The number of benzene rings is 1. The molecule has 2 amide bonds. The number of rotatable bonds is 7. The lowest BCUT2D eigenvalue weighted by molar-refractivity contribution is -0.123. The summed E-state index contributed by atoms with van der Waals surface area (Å²) in [6.07, 6.45) is 0.231. The van der Waals surface area contributed by atoms with Crippen LogP contribution in [0, 0.1) is 11.3 Å². The largest absolute Gasteiger partial charge is 0.482 e. The van der Waals surface area contributed by atoms with Gasteiger partial charge < -0.3 is 15.4 Å². The van der Waals surface area contributed by atoms with Gasteiger partial charge in [0.15, 0.2) is 6.61 Å². The first kappa shape index (κ1) is 15.5. The third-order valence-electron chi connectivity index (χ3n) is 2.41. The Labute approximate surface area is 117 Å². The molecule has 0 saturated heterocycles. The number of nitrogens with one attached hydrogen (secondary N) is 2. The van der Waals surface area contributed by atoms with Gasteiger partial charge in [0.05, 0.1) is 5.56 Å². The minimum atomic E-state index is -0.331. The molecule has 0 spiro atoms. The van der Waals surface area contributed by atoms with E-state index < -0.39 is 0 Å². The predicted octanol–water partition coefficient (Wildman–Crippen LogP) is 0.579. The fourth-order valence-corrected chi connectivity index (χ4v) is 1.48. The van der Waals surface area contributed by atoms with Crippen molar-refractivity contribution in [2.75, 3.05) is 19.7 Å². The van der Waals surface area contributed by atoms with E-state index in [2.05, 4.69) is 10.6 Å². The van der Waals surface area contributed by atoms with Crippen molar-refractivity contribution in [1.29, 1.82) is 5.26 Å². The summed E-state index contributed by atoms with van der Waals surface area (Å²) in [5.74, 6) is -0.0699. The zero-order chi connectivity index (χ0) is 14.8. The normalized spacial score (nSPS) is 9.40. The van der Waals surface area contributed by atoms with Gasteiger partial charge in [0.2, 0.25) is 5.91 Å². The molecule has 1 rings (SSSR count). The van der Waals surface area contributed by atoms with Gasteiger partial charge in [0.25, 0.3) is 5.91 Å². The molecule has 0 saturated carbocycles. The Kier molecular flexibility index (Phi) is 6.62. The SMILES string of the molecule is CCNC(=O)CCNC(=O)COc1ccccc1C#N. The Bertz CT molecular complexity index is 509. The standard InChI is InChI=1S/C14H17N3O3/c1-2-16-13(18)7-8-17-14(19)10-20-12-6-4-3-5-11(12)9-15/h3-6H,2,7-8,10H2,1H3,(H,16,18)(H,17,19). The molecule has 0 radical (unpaired) electrons. The maximum atomic E-state index is 11.5. The van der Waals surface area contributed by atoms with E-state index in [1.165, 1.54) is 0 Å². The molecule has 1 aromatic rings. The van der Waals surface area contributed by atoms with Crippen molar-refractivity contribution in [2.45, 2.75) is 13.3 Å². The van der Waals surface area contributed by atoms with Crippen molar-refractivity contribution in [1.82, 2.24) is 10.6 Å². The van der Waals surface area contributed by atoms with E-state index >= 15 is 0 Å². The zero-order valence-electron chi connectivity index (χ0n) is 11.3. The maximum absolute atomic E-state index is 11.5. The molecule has 0 fully saturated rings. The van der Waals surface area contributed by atoms with Crippen LogP contribution in [0.2, 0.25) is 0 Å². The fourth-order valence-electron chi connectivity index (χ4n) is 1.48. The highest BCUT2D eigenvalue weighted by atomic mass is 16.5. The molecule has 6 nitrogen and oxygen atoms in total. The molecule has 1 aromatic carbocycles. The molecular weight excluding hydrogens is 258 g/mol. The second-order valence-electron chi connectivity index (χ2n) is 3.95. The first-order valence-electron chi connectivity index (χ1n) is 6.32. The average molecular weight is 275 g/mol. The fraction of sp³-hybridized carbons (Fsp3) is 0.357. The van der Waals surface area contributed by atoms with Gasteiger partial charge in [-0.2, -0.15) is 5.26 Å². The lowest BCUT2D eigenvalue weighted by Gasteiger charge is -2.08. The van der Waals surface area contributed by atoms with Crippen molar-refractivity contribution in [3.63, 3.8) is 0 Å². The van der Waals surface area contributed by atoms with E-state index in [-0.39, 0.29) is 31.4 Å². The highest BCUT2D eigenvalue weighted by Gasteiger charge is 2.06. The van der Waals surface area contributed by atoms with Gasteiger partial charge in [0.1, 0.15) is 11.8 Å². The minimum absolute atomic E-state index is 0.108. The molecule has 0 aliphatic carbocycles. The summed E-state index contributed by atoms with van der Waals surface area (Å²) in [4.78, 5) is 22.7. The summed E-state index contributed by atoms with van der Waals surface area (Å²) in [7, 11) is 0. The van der Waals surface area contributed by atoms with Crippen LogP contribution >= 0.6 is 0 Å². The third kappa shape index (κ3) is 5.40. The molecule has 2 N–H and O–H groups in total. The van der Waals surface area contributed by atoms with Gasteiger partial charge in [0, 0.05) is 19.5 Å². The van der Waals surface area contributed by atoms with Gasteiger partial charge in [-0.3, -0.25) is 9.59 Å². The van der Waals surface area contributed by atoms with E-state index in [9.17, 15) is 9.59 Å². The Morgan fingerprint density at radius 3 is 2.70 bits per heavy atom. The second kappa shape index (κ2) is 8.53. The number of ether oxygens (including phenoxy) is 1. The van der Waals surface area contributed by atoms with Crippen molar-refractivity contribution in [2.24, 2.45) is 0 Å². The van der Waals surface area contributed by atoms with E-state index in [1.807, 2.05) is 13.0 Å². The number of para-hydroxylation sites is 1. The number of amides is 2. The molecule has 6 heteroatoms. The predicted molar refractivity (Wildman–Crippen MR) is 73.0 cm³/mol. The van der Waals surface area contributed by atoms with E-state index in [4.69, 9.17) is 10.00 Å². The van der Waals surface area contributed by atoms with Crippen LogP contribution in [0.5, 0.6) is 5.75 Å². The monoisotopic (exact) mass is 275 g/mol. The van der Waals surface area contributed by atoms with Crippen molar-refractivity contribution >= 4 is 11.8 Å². The first-order chi connectivity index (χ1) is 9.67. The summed E-state index contributed by atoms with van der Waals surface area (Å²) in [6, 6.07) is 8.67. The molecule has 0 atom stereocenters. The topological polar surface area (TPSA) is 91.2 Å². The zero-order valence-corrected chi connectivity index (χ0v) is 11.3. The average Bonchev–Trinajstić information content (AvgIpc) is 2.45. The summed E-state index contributed by atoms with van der Waals surface area (Å²) in [5.41, 5.74) is 0.377. The van der Waals surface area contributed by atoms with Gasteiger partial charge in [-0.15, -0.1) is 0 Å². The molecule has 20 heavy (non-hydrogen) atoms. The summed E-state index contributed by atoms with van der Waals surface area (Å²) in [5, 5.41) is 14.1. The highest BCUT2D eigenvalue weighted by Crippen LogP contribution is 2.15. The van der Waals surface area contributed by atoms with Crippen molar-refractivity contribution in [3.05, 3.63) is 29.8 Å². The summed E-state index contributed by atoms with van der Waals surface area (Å²) < 4.78 is 5.26. The molecule has 0 aliphatic rings. The molecule has 106 valence electrons. The number of hydrogen-bond donors (Lipinski definition) is 2. The van der Waals surface area contributed by atoms with Gasteiger partial charge in [-0.05, 0) is 19.1 Å². The van der Waals surface area contributed by atoms with Crippen LogP contribution in [-0.2, 0) is 9.59 Å². The van der Waals surface area contributed by atoms with Crippen LogP contribution in [0.3, 0.4) is 0 Å². The van der Waals surface area contributed by atoms with E-state index in [0.717, 1.165) is 0 Å². The van der Waals surface area contributed by atoms with Crippen LogP contribution in [0.4, 0.5) is 0 Å². The summed E-state index contributed by atoms with van der Waals surface area (Å²) >= 11 is 0.